The second kappa shape index (κ2) is 6.16. The van der Waals surface area contributed by atoms with E-state index in [2.05, 4.69) is 5.32 Å². The van der Waals surface area contributed by atoms with Gasteiger partial charge in [0.05, 0.1) is 6.61 Å². The van der Waals surface area contributed by atoms with Crippen LogP contribution in [0.4, 0.5) is 4.39 Å². The standard InChI is InChI=1S/C14H20FNO2/c1-10-3-4-12(7-13(10)15)18-9-14(16-2)11-5-6-17-8-11/h3-4,7,11,14,16H,5-6,8-9H2,1-2H3. The summed E-state index contributed by atoms with van der Waals surface area (Å²) in [5.41, 5.74) is 0.636. The highest BCUT2D eigenvalue weighted by Gasteiger charge is 2.25. The van der Waals surface area contributed by atoms with E-state index in [1.807, 2.05) is 7.05 Å². The maximum absolute atomic E-state index is 13.4. The Morgan fingerprint density at radius 3 is 3.00 bits per heavy atom. The van der Waals surface area contributed by atoms with Gasteiger partial charge in [0.25, 0.3) is 0 Å². The maximum Gasteiger partial charge on any atom is 0.129 e. The van der Waals surface area contributed by atoms with Gasteiger partial charge in [-0.3, -0.25) is 0 Å². The SMILES string of the molecule is CNC(COc1ccc(C)c(F)c1)C1CCOC1. The molecule has 1 heterocycles. The van der Waals surface area contributed by atoms with Crippen molar-refractivity contribution in [2.45, 2.75) is 19.4 Å². The van der Waals surface area contributed by atoms with Crippen LogP contribution in [0.5, 0.6) is 5.75 Å². The van der Waals surface area contributed by atoms with Gasteiger partial charge in [-0.1, -0.05) is 6.07 Å². The van der Waals surface area contributed by atoms with Crippen molar-refractivity contribution in [1.29, 1.82) is 0 Å². The minimum absolute atomic E-state index is 0.224. The second-order valence-electron chi connectivity index (χ2n) is 4.74. The van der Waals surface area contributed by atoms with Crippen LogP contribution >= 0.6 is 0 Å². The first kappa shape index (κ1) is 13.3. The molecule has 3 nitrogen and oxygen atoms in total. The Morgan fingerprint density at radius 2 is 2.39 bits per heavy atom. The molecule has 0 spiro atoms. The maximum atomic E-state index is 13.4. The van der Waals surface area contributed by atoms with Gasteiger partial charge in [0.1, 0.15) is 18.2 Å². The van der Waals surface area contributed by atoms with Crippen LogP contribution in [0.3, 0.4) is 0 Å². The van der Waals surface area contributed by atoms with Crippen molar-refractivity contribution in [3.63, 3.8) is 0 Å². The second-order valence-corrected chi connectivity index (χ2v) is 4.74. The van der Waals surface area contributed by atoms with Crippen molar-refractivity contribution in [3.8, 4) is 5.75 Å². The Bertz CT molecular complexity index is 391. The van der Waals surface area contributed by atoms with Gasteiger partial charge in [-0.05, 0) is 32.0 Å². The van der Waals surface area contributed by atoms with Crippen LogP contribution in [0.15, 0.2) is 18.2 Å². The first-order chi connectivity index (χ1) is 8.70. The zero-order chi connectivity index (χ0) is 13.0. The molecule has 0 saturated carbocycles. The Morgan fingerprint density at radius 1 is 1.56 bits per heavy atom. The van der Waals surface area contributed by atoms with Crippen molar-refractivity contribution in [3.05, 3.63) is 29.6 Å². The van der Waals surface area contributed by atoms with Gasteiger partial charge in [0.2, 0.25) is 0 Å². The lowest BCUT2D eigenvalue weighted by atomic mass is 10.00. The summed E-state index contributed by atoms with van der Waals surface area (Å²) in [6.07, 6.45) is 1.05. The van der Waals surface area contributed by atoms with Crippen LogP contribution in [-0.4, -0.2) is 32.9 Å². The van der Waals surface area contributed by atoms with Crippen LogP contribution in [0.25, 0.3) is 0 Å². The summed E-state index contributed by atoms with van der Waals surface area (Å²) in [6.45, 7) is 3.87. The highest BCUT2D eigenvalue weighted by atomic mass is 19.1. The molecule has 1 fully saturated rings. The van der Waals surface area contributed by atoms with Gasteiger partial charge in [-0.2, -0.15) is 0 Å². The number of likely N-dealkylation sites (N-methyl/N-ethyl adjacent to an activating group) is 1. The Labute approximate surface area is 107 Å². The molecular weight excluding hydrogens is 233 g/mol. The molecule has 18 heavy (non-hydrogen) atoms. The van der Waals surface area contributed by atoms with Crippen LogP contribution < -0.4 is 10.1 Å². The van der Waals surface area contributed by atoms with Crippen molar-refractivity contribution in [2.24, 2.45) is 5.92 Å². The van der Waals surface area contributed by atoms with E-state index in [0.717, 1.165) is 19.6 Å². The minimum Gasteiger partial charge on any atom is -0.492 e. The highest BCUT2D eigenvalue weighted by Crippen LogP contribution is 2.19. The summed E-state index contributed by atoms with van der Waals surface area (Å²) < 4.78 is 24.4. The van der Waals surface area contributed by atoms with Crippen LogP contribution in [-0.2, 0) is 4.74 Å². The third kappa shape index (κ3) is 3.21. The van der Waals surface area contributed by atoms with Gasteiger partial charge in [-0.15, -0.1) is 0 Å². The van der Waals surface area contributed by atoms with E-state index >= 15 is 0 Å². The summed E-state index contributed by atoms with van der Waals surface area (Å²) in [4.78, 5) is 0. The van der Waals surface area contributed by atoms with Crippen molar-refractivity contribution >= 4 is 0 Å². The first-order valence-corrected chi connectivity index (χ1v) is 6.34. The Kier molecular flexibility index (Phi) is 4.55. The molecule has 2 unspecified atom stereocenters. The molecule has 1 saturated heterocycles. The number of hydrogen-bond donors (Lipinski definition) is 1. The number of halogens is 1. The molecule has 0 bridgehead atoms. The molecule has 0 aliphatic carbocycles. The summed E-state index contributed by atoms with van der Waals surface area (Å²) in [5, 5.41) is 3.24. The predicted molar refractivity (Wildman–Crippen MR) is 68.4 cm³/mol. The monoisotopic (exact) mass is 253 g/mol. The lowest BCUT2D eigenvalue weighted by molar-refractivity contribution is 0.162. The largest absolute Gasteiger partial charge is 0.492 e. The molecule has 0 amide bonds. The topological polar surface area (TPSA) is 30.5 Å². The van der Waals surface area contributed by atoms with Gasteiger partial charge in [-0.25, -0.2) is 4.39 Å². The van der Waals surface area contributed by atoms with Crippen molar-refractivity contribution in [2.75, 3.05) is 26.9 Å². The quantitative estimate of drug-likeness (QED) is 0.872. The van der Waals surface area contributed by atoms with E-state index in [-0.39, 0.29) is 11.9 Å². The zero-order valence-corrected chi connectivity index (χ0v) is 10.9. The van der Waals surface area contributed by atoms with Crippen LogP contribution in [0.2, 0.25) is 0 Å². The average molecular weight is 253 g/mol. The molecule has 1 N–H and O–H groups in total. The third-order valence-corrected chi connectivity index (χ3v) is 3.48. The molecule has 2 rings (SSSR count). The molecular formula is C14H20FNO2. The fourth-order valence-electron chi connectivity index (χ4n) is 2.17. The van der Waals surface area contributed by atoms with E-state index in [4.69, 9.17) is 9.47 Å². The predicted octanol–water partition coefficient (Wildman–Crippen LogP) is 2.14. The number of ether oxygens (including phenoxy) is 2. The number of rotatable bonds is 5. The summed E-state index contributed by atoms with van der Waals surface area (Å²) in [5.74, 6) is 0.834. The smallest absolute Gasteiger partial charge is 0.129 e. The molecule has 1 aliphatic heterocycles. The van der Waals surface area contributed by atoms with E-state index in [1.165, 1.54) is 6.07 Å². The van der Waals surface area contributed by atoms with E-state index < -0.39 is 0 Å². The Hall–Kier alpha value is -1.13. The van der Waals surface area contributed by atoms with Crippen LogP contribution in [0, 0.1) is 18.7 Å². The fraction of sp³-hybridized carbons (Fsp3) is 0.571. The zero-order valence-electron chi connectivity index (χ0n) is 10.9. The molecule has 1 aromatic carbocycles. The molecule has 4 heteroatoms. The number of benzene rings is 1. The number of hydrogen-bond acceptors (Lipinski definition) is 3. The minimum atomic E-state index is -0.224. The van der Waals surface area contributed by atoms with Gasteiger partial charge < -0.3 is 14.8 Å². The van der Waals surface area contributed by atoms with E-state index in [9.17, 15) is 4.39 Å². The van der Waals surface area contributed by atoms with E-state index in [1.54, 1.807) is 19.1 Å². The lowest BCUT2D eigenvalue weighted by Gasteiger charge is -2.22. The average Bonchev–Trinajstić information content (AvgIpc) is 2.88. The third-order valence-electron chi connectivity index (χ3n) is 3.48. The van der Waals surface area contributed by atoms with Crippen LogP contribution in [0.1, 0.15) is 12.0 Å². The summed E-state index contributed by atoms with van der Waals surface area (Å²) in [6, 6.07) is 5.22. The summed E-state index contributed by atoms with van der Waals surface area (Å²) in [7, 11) is 1.92. The first-order valence-electron chi connectivity index (χ1n) is 6.34. The van der Waals surface area contributed by atoms with Gasteiger partial charge >= 0.3 is 0 Å². The normalized spacial score (nSPS) is 20.9. The fourth-order valence-corrected chi connectivity index (χ4v) is 2.17. The van der Waals surface area contributed by atoms with Crippen molar-refractivity contribution in [1.82, 2.24) is 5.32 Å². The number of nitrogens with one attached hydrogen (secondary N) is 1. The Balaban J connectivity index is 1.90. The van der Waals surface area contributed by atoms with Crippen molar-refractivity contribution < 1.29 is 13.9 Å². The molecule has 1 aromatic rings. The number of aryl methyl sites for hydroxylation is 1. The molecule has 100 valence electrons. The molecule has 0 radical (unpaired) electrons. The summed E-state index contributed by atoms with van der Waals surface area (Å²) >= 11 is 0. The lowest BCUT2D eigenvalue weighted by Crippen LogP contribution is -2.39. The molecule has 2 atom stereocenters. The van der Waals surface area contributed by atoms with Gasteiger partial charge in [0.15, 0.2) is 0 Å². The molecule has 1 aliphatic rings. The van der Waals surface area contributed by atoms with E-state index in [0.29, 0.717) is 23.8 Å². The van der Waals surface area contributed by atoms with Gasteiger partial charge in [0, 0.05) is 24.6 Å². The highest BCUT2D eigenvalue weighted by molar-refractivity contribution is 5.28. The molecule has 0 aromatic heterocycles.